The fourth-order valence-electron chi connectivity index (χ4n) is 2.78. The standard InChI is InChI=1S/C14H24N2O4S/c1-2-3-7-12(13(17)18)16-21(19,20)11-14(10-15)8-5-4-6-9-14/h12,16H,2-9,11H2,1H3,(H,17,18)/t12-/m0/s1. The molecule has 0 amide bonds. The first-order valence-corrected chi connectivity index (χ1v) is 9.13. The van der Waals surface area contributed by atoms with Crippen molar-refractivity contribution in [1.82, 2.24) is 4.72 Å². The van der Waals surface area contributed by atoms with E-state index in [4.69, 9.17) is 5.11 Å². The second-order valence-corrected chi connectivity index (χ2v) is 7.62. The van der Waals surface area contributed by atoms with E-state index in [0.717, 1.165) is 25.7 Å². The van der Waals surface area contributed by atoms with Crippen LogP contribution in [0.3, 0.4) is 0 Å². The van der Waals surface area contributed by atoms with Gasteiger partial charge >= 0.3 is 5.97 Å². The Morgan fingerprint density at radius 2 is 2.00 bits per heavy atom. The summed E-state index contributed by atoms with van der Waals surface area (Å²) in [5.41, 5.74) is -0.863. The van der Waals surface area contributed by atoms with Crippen molar-refractivity contribution >= 4 is 16.0 Å². The summed E-state index contributed by atoms with van der Waals surface area (Å²) in [6.45, 7) is 1.92. The quantitative estimate of drug-likeness (QED) is 0.712. The number of unbranched alkanes of at least 4 members (excludes halogenated alkanes) is 1. The highest BCUT2D eigenvalue weighted by atomic mass is 32.2. The molecule has 21 heavy (non-hydrogen) atoms. The van der Waals surface area contributed by atoms with Crippen molar-refractivity contribution in [2.45, 2.75) is 64.3 Å². The van der Waals surface area contributed by atoms with Crippen LogP contribution in [-0.2, 0) is 14.8 Å². The average Bonchev–Trinajstić information content (AvgIpc) is 2.43. The van der Waals surface area contributed by atoms with Crippen LogP contribution in [0.1, 0.15) is 58.3 Å². The maximum absolute atomic E-state index is 12.2. The molecule has 0 heterocycles. The Hall–Kier alpha value is -1.13. The van der Waals surface area contributed by atoms with Crippen LogP contribution in [-0.4, -0.2) is 31.3 Å². The third kappa shape index (κ3) is 5.64. The monoisotopic (exact) mass is 316 g/mol. The normalized spacial score (nSPS) is 19.6. The Morgan fingerprint density at radius 3 is 2.48 bits per heavy atom. The molecule has 0 aliphatic heterocycles. The van der Waals surface area contributed by atoms with Gasteiger partial charge in [0.1, 0.15) is 6.04 Å². The zero-order valence-electron chi connectivity index (χ0n) is 12.5. The lowest BCUT2D eigenvalue weighted by molar-refractivity contribution is -0.139. The first-order valence-electron chi connectivity index (χ1n) is 7.48. The molecule has 0 saturated heterocycles. The molecular weight excluding hydrogens is 292 g/mol. The van der Waals surface area contributed by atoms with E-state index in [1.807, 2.05) is 6.92 Å². The summed E-state index contributed by atoms with van der Waals surface area (Å²) >= 11 is 0. The Labute approximate surface area is 126 Å². The molecular formula is C14H24N2O4S. The van der Waals surface area contributed by atoms with E-state index >= 15 is 0 Å². The summed E-state index contributed by atoms with van der Waals surface area (Å²) in [6.07, 6.45) is 5.56. The smallest absolute Gasteiger partial charge is 0.321 e. The Kier molecular flexibility index (Phi) is 6.62. The first-order chi connectivity index (χ1) is 9.84. The lowest BCUT2D eigenvalue weighted by Crippen LogP contribution is -2.45. The van der Waals surface area contributed by atoms with E-state index in [-0.39, 0.29) is 12.2 Å². The summed E-state index contributed by atoms with van der Waals surface area (Å²) in [5, 5.41) is 18.4. The van der Waals surface area contributed by atoms with Gasteiger partial charge in [-0.25, -0.2) is 13.1 Å². The predicted octanol–water partition coefficient (Wildman–Crippen LogP) is 2.02. The Bertz CT molecular complexity index is 490. The fraction of sp³-hybridized carbons (Fsp3) is 0.857. The van der Waals surface area contributed by atoms with Crippen LogP contribution >= 0.6 is 0 Å². The van der Waals surface area contributed by atoms with Gasteiger partial charge in [-0.1, -0.05) is 39.0 Å². The summed E-state index contributed by atoms with van der Waals surface area (Å²) in [7, 11) is -3.78. The molecule has 120 valence electrons. The van der Waals surface area contributed by atoms with Gasteiger partial charge in [0.15, 0.2) is 0 Å². The van der Waals surface area contributed by atoms with Gasteiger partial charge in [-0.3, -0.25) is 4.79 Å². The van der Waals surface area contributed by atoms with Gasteiger partial charge in [0.05, 0.1) is 17.2 Å². The molecule has 0 aromatic heterocycles. The molecule has 0 aromatic carbocycles. The lowest BCUT2D eigenvalue weighted by atomic mass is 9.77. The number of hydrogen-bond donors (Lipinski definition) is 2. The first kappa shape index (κ1) is 17.9. The number of sulfonamides is 1. The Morgan fingerprint density at radius 1 is 1.38 bits per heavy atom. The summed E-state index contributed by atoms with van der Waals surface area (Å²) < 4.78 is 26.7. The van der Waals surface area contributed by atoms with Crippen LogP contribution in [0.5, 0.6) is 0 Å². The van der Waals surface area contributed by atoms with Crippen molar-refractivity contribution in [2.24, 2.45) is 5.41 Å². The molecule has 2 N–H and O–H groups in total. The van der Waals surface area contributed by atoms with Crippen LogP contribution in [0.4, 0.5) is 0 Å². The highest BCUT2D eigenvalue weighted by Gasteiger charge is 2.38. The van der Waals surface area contributed by atoms with Crippen molar-refractivity contribution < 1.29 is 18.3 Å². The molecule has 1 aliphatic carbocycles. The minimum absolute atomic E-state index is 0.268. The van der Waals surface area contributed by atoms with Gasteiger partial charge in [-0.2, -0.15) is 5.26 Å². The third-order valence-electron chi connectivity index (χ3n) is 3.98. The highest BCUT2D eigenvalue weighted by Crippen LogP contribution is 2.36. The number of hydrogen-bond acceptors (Lipinski definition) is 4. The van der Waals surface area contributed by atoms with Gasteiger partial charge in [0.25, 0.3) is 0 Å². The number of nitriles is 1. The van der Waals surface area contributed by atoms with Crippen molar-refractivity contribution in [2.75, 3.05) is 5.75 Å². The third-order valence-corrected chi connectivity index (χ3v) is 5.56. The number of aliphatic carboxylic acids is 1. The van der Waals surface area contributed by atoms with Gasteiger partial charge < -0.3 is 5.11 Å². The minimum Gasteiger partial charge on any atom is -0.480 e. The zero-order chi connectivity index (χ0) is 15.9. The molecule has 1 rings (SSSR count). The molecule has 0 unspecified atom stereocenters. The van der Waals surface area contributed by atoms with Gasteiger partial charge in [0, 0.05) is 0 Å². The number of rotatable bonds is 8. The largest absolute Gasteiger partial charge is 0.480 e. The van der Waals surface area contributed by atoms with Crippen LogP contribution in [0, 0.1) is 16.7 Å². The van der Waals surface area contributed by atoms with E-state index in [1.54, 1.807) is 0 Å². The molecule has 0 spiro atoms. The van der Waals surface area contributed by atoms with Crippen LogP contribution in [0.15, 0.2) is 0 Å². The molecule has 1 aliphatic rings. The van der Waals surface area contributed by atoms with Gasteiger partial charge in [-0.05, 0) is 19.3 Å². The molecule has 1 atom stereocenters. The van der Waals surface area contributed by atoms with Crippen molar-refractivity contribution in [3.8, 4) is 6.07 Å². The zero-order valence-corrected chi connectivity index (χ0v) is 13.3. The van der Waals surface area contributed by atoms with E-state index in [0.29, 0.717) is 19.3 Å². The van der Waals surface area contributed by atoms with Gasteiger partial charge in [0.2, 0.25) is 10.0 Å². The van der Waals surface area contributed by atoms with E-state index in [9.17, 15) is 18.5 Å². The maximum Gasteiger partial charge on any atom is 0.321 e. The number of carboxylic acid groups (broad SMARTS) is 1. The topological polar surface area (TPSA) is 107 Å². The summed E-state index contributed by atoms with van der Waals surface area (Å²) in [4.78, 5) is 11.1. The van der Waals surface area contributed by atoms with Gasteiger partial charge in [-0.15, -0.1) is 0 Å². The lowest BCUT2D eigenvalue weighted by Gasteiger charge is -2.30. The molecule has 0 radical (unpaired) electrons. The highest BCUT2D eigenvalue weighted by molar-refractivity contribution is 7.89. The number of nitrogens with one attached hydrogen (secondary N) is 1. The van der Waals surface area contributed by atoms with E-state index < -0.39 is 27.4 Å². The summed E-state index contributed by atoms with van der Waals surface area (Å²) in [5.74, 6) is -1.46. The average molecular weight is 316 g/mol. The molecule has 0 bridgehead atoms. The second kappa shape index (κ2) is 7.76. The molecule has 1 saturated carbocycles. The van der Waals surface area contributed by atoms with Crippen LogP contribution < -0.4 is 4.72 Å². The molecule has 6 nitrogen and oxygen atoms in total. The molecule has 0 aromatic rings. The molecule has 7 heteroatoms. The van der Waals surface area contributed by atoms with E-state index in [2.05, 4.69) is 10.8 Å². The number of carbonyl (C=O) groups is 1. The van der Waals surface area contributed by atoms with Crippen LogP contribution in [0.2, 0.25) is 0 Å². The summed E-state index contributed by atoms with van der Waals surface area (Å²) in [6, 6.07) is 1.05. The Balaban J connectivity index is 2.75. The van der Waals surface area contributed by atoms with Crippen molar-refractivity contribution in [3.05, 3.63) is 0 Å². The van der Waals surface area contributed by atoms with Crippen molar-refractivity contribution in [3.63, 3.8) is 0 Å². The maximum atomic E-state index is 12.2. The second-order valence-electron chi connectivity index (χ2n) is 5.86. The number of carboxylic acids is 1. The number of nitrogens with zero attached hydrogens (tertiary/aromatic N) is 1. The van der Waals surface area contributed by atoms with E-state index in [1.165, 1.54) is 0 Å². The predicted molar refractivity (Wildman–Crippen MR) is 79.0 cm³/mol. The SMILES string of the molecule is CCCC[C@H](NS(=O)(=O)CC1(C#N)CCCCC1)C(=O)O. The van der Waals surface area contributed by atoms with Crippen molar-refractivity contribution in [1.29, 1.82) is 5.26 Å². The molecule has 1 fully saturated rings. The fourth-order valence-corrected chi connectivity index (χ4v) is 4.60. The minimum atomic E-state index is -3.78. The van der Waals surface area contributed by atoms with Crippen LogP contribution in [0.25, 0.3) is 0 Å².